The number of piperidine rings is 1. The minimum atomic E-state index is -0.518. The lowest BCUT2D eigenvalue weighted by atomic mass is 9.87. The Morgan fingerprint density at radius 2 is 1.45 bits per heavy atom. The molecule has 1 aromatic carbocycles. The van der Waals surface area contributed by atoms with Crippen LogP contribution in [0.3, 0.4) is 0 Å². The Morgan fingerprint density at radius 1 is 0.839 bits per heavy atom. The number of nitrogens with zero attached hydrogens (tertiary/aromatic N) is 2. The van der Waals surface area contributed by atoms with Crippen molar-refractivity contribution in [3.63, 3.8) is 0 Å². The topological polar surface area (TPSA) is 69.7 Å². The number of likely N-dealkylation sites (tertiary alicyclic amines) is 2. The van der Waals surface area contributed by atoms with Gasteiger partial charge in [0.05, 0.1) is 0 Å². The van der Waals surface area contributed by atoms with Gasteiger partial charge < -0.3 is 15.1 Å². The zero-order valence-electron chi connectivity index (χ0n) is 18.6. The minimum Gasteiger partial charge on any atom is -0.342 e. The third-order valence-corrected chi connectivity index (χ3v) is 7.31. The van der Waals surface area contributed by atoms with Crippen LogP contribution in [0.25, 0.3) is 0 Å². The van der Waals surface area contributed by atoms with E-state index in [-0.39, 0.29) is 23.7 Å². The first-order chi connectivity index (χ1) is 15.0. The van der Waals surface area contributed by atoms with Crippen LogP contribution >= 0.6 is 0 Å². The van der Waals surface area contributed by atoms with Crippen LogP contribution in [0.5, 0.6) is 0 Å². The molecule has 0 bridgehead atoms. The highest BCUT2D eigenvalue weighted by Gasteiger charge is 2.38. The number of hydrogen-bond donors (Lipinski definition) is 1. The fourth-order valence-corrected chi connectivity index (χ4v) is 5.33. The molecule has 1 unspecified atom stereocenters. The second kappa shape index (κ2) is 9.84. The van der Waals surface area contributed by atoms with Gasteiger partial charge >= 0.3 is 0 Å². The van der Waals surface area contributed by atoms with Crippen molar-refractivity contribution in [3.05, 3.63) is 35.4 Å². The number of rotatable bonds is 5. The van der Waals surface area contributed by atoms with Crippen LogP contribution in [0.1, 0.15) is 67.3 Å². The van der Waals surface area contributed by atoms with Gasteiger partial charge in [-0.3, -0.25) is 14.4 Å². The molecule has 2 heterocycles. The fraction of sp³-hybridized carbons (Fsp3) is 0.640. The summed E-state index contributed by atoms with van der Waals surface area (Å²) in [5, 5.41) is 3.06. The molecule has 6 heteroatoms. The molecule has 3 aliphatic rings. The van der Waals surface area contributed by atoms with Gasteiger partial charge in [0, 0.05) is 37.7 Å². The molecule has 4 rings (SSSR count). The highest BCUT2D eigenvalue weighted by molar-refractivity contribution is 5.97. The first-order valence-electron chi connectivity index (χ1n) is 12.0. The Hall–Kier alpha value is -2.37. The van der Waals surface area contributed by atoms with Crippen molar-refractivity contribution >= 4 is 17.7 Å². The van der Waals surface area contributed by atoms with E-state index in [1.165, 1.54) is 0 Å². The predicted molar refractivity (Wildman–Crippen MR) is 120 cm³/mol. The van der Waals surface area contributed by atoms with E-state index in [1.54, 1.807) is 0 Å². The summed E-state index contributed by atoms with van der Waals surface area (Å²) in [6, 6.07) is 6.93. The average molecular weight is 426 g/mol. The Kier molecular flexibility index (Phi) is 6.93. The molecule has 2 aliphatic heterocycles. The van der Waals surface area contributed by atoms with Crippen molar-refractivity contribution in [2.75, 3.05) is 26.2 Å². The third kappa shape index (κ3) is 5.10. The SMILES string of the molecule is Cc1ccc(C(=O)NC(C(=O)N2CCCC2)C2CCN(C(=O)C3CCCC3)CC2)cc1. The number of carbonyl (C=O) groups is 3. The molecule has 1 N–H and O–H groups in total. The quantitative estimate of drug-likeness (QED) is 0.788. The Labute approximate surface area is 185 Å². The van der Waals surface area contributed by atoms with Crippen molar-refractivity contribution in [2.45, 2.75) is 64.3 Å². The van der Waals surface area contributed by atoms with Crippen molar-refractivity contribution in [2.24, 2.45) is 11.8 Å². The highest BCUT2D eigenvalue weighted by Crippen LogP contribution is 2.30. The lowest BCUT2D eigenvalue weighted by Gasteiger charge is -2.38. The van der Waals surface area contributed by atoms with Crippen LogP contribution in [0.4, 0.5) is 0 Å². The van der Waals surface area contributed by atoms with Gasteiger partial charge in [-0.25, -0.2) is 0 Å². The molecule has 1 aliphatic carbocycles. The maximum absolute atomic E-state index is 13.3. The second-order valence-corrected chi connectivity index (χ2v) is 9.49. The van der Waals surface area contributed by atoms with Gasteiger partial charge in [-0.1, -0.05) is 30.5 Å². The predicted octanol–water partition coefficient (Wildman–Crippen LogP) is 3.14. The molecular formula is C25H35N3O3. The molecule has 1 aromatic rings. The summed E-state index contributed by atoms with van der Waals surface area (Å²) in [6.07, 6.45) is 7.92. The van der Waals surface area contributed by atoms with Gasteiger partial charge in [-0.15, -0.1) is 0 Å². The Bertz CT molecular complexity index is 787. The molecule has 1 atom stereocenters. The molecule has 6 nitrogen and oxygen atoms in total. The van der Waals surface area contributed by atoms with E-state index in [0.29, 0.717) is 24.6 Å². The van der Waals surface area contributed by atoms with Crippen LogP contribution in [-0.2, 0) is 9.59 Å². The molecular weight excluding hydrogens is 390 g/mol. The smallest absolute Gasteiger partial charge is 0.251 e. The lowest BCUT2D eigenvalue weighted by molar-refractivity contribution is -0.138. The van der Waals surface area contributed by atoms with E-state index in [1.807, 2.05) is 41.0 Å². The molecule has 0 spiro atoms. The van der Waals surface area contributed by atoms with Gasteiger partial charge in [0.2, 0.25) is 11.8 Å². The molecule has 168 valence electrons. The molecule has 0 radical (unpaired) electrons. The number of nitrogens with one attached hydrogen (secondary N) is 1. The number of benzene rings is 1. The number of aryl methyl sites for hydroxylation is 1. The summed E-state index contributed by atoms with van der Waals surface area (Å²) in [7, 11) is 0. The number of hydrogen-bond acceptors (Lipinski definition) is 3. The highest BCUT2D eigenvalue weighted by atomic mass is 16.2. The summed E-state index contributed by atoms with van der Waals surface area (Å²) in [5.41, 5.74) is 1.68. The maximum Gasteiger partial charge on any atom is 0.251 e. The summed E-state index contributed by atoms with van der Waals surface area (Å²) >= 11 is 0. The van der Waals surface area contributed by atoms with Gasteiger partial charge in [0.1, 0.15) is 6.04 Å². The first kappa shape index (κ1) is 21.8. The molecule has 1 saturated carbocycles. The minimum absolute atomic E-state index is 0.0403. The van der Waals surface area contributed by atoms with Gasteiger partial charge in [-0.05, 0) is 63.5 Å². The molecule has 3 amide bonds. The zero-order valence-corrected chi connectivity index (χ0v) is 18.6. The van der Waals surface area contributed by atoms with E-state index >= 15 is 0 Å². The lowest BCUT2D eigenvalue weighted by Crippen LogP contribution is -2.54. The van der Waals surface area contributed by atoms with Crippen LogP contribution in [-0.4, -0.2) is 59.7 Å². The first-order valence-corrected chi connectivity index (χ1v) is 12.0. The normalized spacial score (nSPS) is 21.3. The maximum atomic E-state index is 13.3. The van der Waals surface area contributed by atoms with Gasteiger partial charge in [-0.2, -0.15) is 0 Å². The van der Waals surface area contributed by atoms with Crippen LogP contribution in [0, 0.1) is 18.8 Å². The van der Waals surface area contributed by atoms with Crippen LogP contribution in [0.15, 0.2) is 24.3 Å². The summed E-state index contributed by atoms with van der Waals surface area (Å²) < 4.78 is 0. The molecule has 0 aromatic heterocycles. The van der Waals surface area contributed by atoms with Crippen LogP contribution in [0.2, 0.25) is 0 Å². The Balaban J connectivity index is 1.43. The average Bonchev–Trinajstić information content (AvgIpc) is 3.52. The van der Waals surface area contributed by atoms with E-state index in [9.17, 15) is 14.4 Å². The fourth-order valence-electron chi connectivity index (χ4n) is 5.33. The largest absolute Gasteiger partial charge is 0.342 e. The zero-order chi connectivity index (χ0) is 21.8. The Morgan fingerprint density at radius 3 is 2.06 bits per heavy atom. The molecule has 3 fully saturated rings. The summed E-state index contributed by atoms with van der Waals surface area (Å²) in [4.78, 5) is 42.9. The van der Waals surface area contributed by atoms with Crippen molar-refractivity contribution in [3.8, 4) is 0 Å². The van der Waals surface area contributed by atoms with Gasteiger partial charge in [0.25, 0.3) is 5.91 Å². The van der Waals surface area contributed by atoms with E-state index in [0.717, 1.165) is 70.0 Å². The molecule has 2 saturated heterocycles. The van der Waals surface area contributed by atoms with E-state index < -0.39 is 6.04 Å². The van der Waals surface area contributed by atoms with Crippen LogP contribution < -0.4 is 5.32 Å². The summed E-state index contributed by atoms with van der Waals surface area (Å²) in [5.74, 6) is 0.401. The van der Waals surface area contributed by atoms with Crippen molar-refractivity contribution < 1.29 is 14.4 Å². The molecule has 31 heavy (non-hydrogen) atoms. The van der Waals surface area contributed by atoms with Crippen molar-refractivity contribution in [1.29, 1.82) is 0 Å². The summed E-state index contributed by atoms with van der Waals surface area (Å²) in [6.45, 7) is 4.90. The monoisotopic (exact) mass is 425 g/mol. The van der Waals surface area contributed by atoms with E-state index in [2.05, 4.69) is 5.32 Å². The number of carbonyl (C=O) groups excluding carboxylic acids is 3. The third-order valence-electron chi connectivity index (χ3n) is 7.31. The standard InChI is InChI=1S/C25H35N3O3/c1-18-8-10-20(11-9-18)23(29)26-22(25(31)27-14-4-5-15-27)19-12-16-28(17-13-19)24(30)21-6-2-3-7-21/h8-11,19,21-22H,2-7,12-17H2,1H3,(H,26,29). The number of amides is 3. The van der Waals surface area contributed by atoms with Crippen molar-refractivity contribution in [1.82, 2.24) is 15.1 Å². The second-order valence-electron chi connectivity index (χ2n) is 9.49. The van der Waals surface area contributed by atoms with E-state index in [4.69, 9.17) is 0 Å². The van der Waals surface area contributed by atoms with Gasteiger partial charge in [0.15, 0.2) is 0 Å².